The van der Waals surface area contributed by atoms with Crippen LogP contribution in [0.4, 0.5) is 5.69 Å². The van der Waals surface area contributed by atoms with Crippen molar-refractivity contribution >= 4 is 33.2 Å². The highest BCUT2D eigenvalue weighted by molar-refractivity contribution is 9.10. The molecule has 1 aromatic rings. The second-order valence-electron chi connectivity index (χ2n) is 4.84. The van der Waals surface area contributed by atoms with Crippen molar-refractivity contribution in [2.45, 2.75) is 38.8 Å². The molecule has 0 radical (unpaired) electrons. The molecule has 0 spiro atoms. The summed E-state index contributed by atoms with van der Waals surface area (Å²) in [6.45, 7) is 6.31. The summed E-state index contributed by atoms with van der Waals surface area (Å²) in [6, 6.07) is 6.17. The second kappa shape index (κ2) is 6.07. The molecule has 0 aliphatic rings. The van der Waals surface area contributed by atoms with Gasteiger partial charge in [-0.2, -0.15) is 0 Å². The number of benzene rings is 1. The molecule has 1 aromatic carbocycles. The maximum Gasteiger partial charge on any atom is 0.0642 e. The minimum Gasteiger partial charge on any atom is -0.382 e. The lowest BCUT2D eigenvalue weighted by Gasteiger charge is -2.27. The van der Waals surface area contributed by atoms with Gasteiger partial charge in [0.15, 0.2) is 0 Å². The molecule has 96 valence electrons. The van der Waals surface area contributed by atoms with Crippen LogP contribution in [0.3, 0.4) is 0 Å². The van der Waals surface area contributed by atoms with Crippen molar-refractivity contribution in [2.24, 2.45) is 0 Å². The largest absolute Gasteiger partial charge is 0.382 e. The first-order valence-electron chi connectivity index (χ1n) is 5.61. The molecular weight excluding hydrogens is 302 g/mol. The fourth-order valence-corrected chi connectivity index (χ4v) is 2.24. The monoisotopic (exact) mass is 319 g/mol. The molecule has 0 saturated carbocycles. The van der Waals surface area contributed by atoms with E-state index in [1.54, 1.807) is 7.11 Å². The van der Waals surface area contributed by atoms with E-state index in [2.05, 4.69) is 42.0 Å². The molecule has 0 saturated heterocycles. The highest BCUT2D eigenvalue weighted by atomic mass is 79.9. The Morgan fingerprint density at radius 3 is 2.65 bits per heavy atom. The Labute approximate surface area is 117 Å². The van der Waals surface area contributed by atoms with Crippen molar-refractivity contribution in [1.29, 1.82) is 0 Å². The van der Waals surface area contributed by atoms with Gasteiger partial charge >= 0.3 is 0 Å². The van der Waals surface area contributed by atoms with Crippen LogP contribution >= 0.6 is 27.5 Å². The molecule has 0 amide bonds. The predicted octanol–water partition coefficient (Wildman–Crippen LogP) is 4.72. The lowest BCUT2D eigenvalue weighted by Crippen LogP contribution is -2.31. The first-order chi connectivity index (χ1) is 7.84. The second-order valence-corrected chi connectivity index (χ2v) is 6.10. The molecule has 17 heavy (non-hydrogen) atoms. The molecule has 0 aliphatic carbocycles. The van der Waals surface area contributed by atoms with Gasteiger partial charge in [0.2, 0.25) is 0 Å². The van der Waals surface area contributed by atoms with Crippen LogP contribution in [-0.4, -0.2) is 18.8 Å². The average Bonchev–Trinajstić information content (AvgIpc) is 2.23. The maximum absolute atomic E-state index is 5.95. The third kappa shape index (κ3) is 4.86. The van der Waals surface area contributed by atoms with E-state index in [1.807, 2.05) is 18.2 Å². The number of methoxy groups -OCH3 is 1. The molecule has 0 bridgehead atoms. The van der Waals surface area contributed by atoms with Crippen molar-refractivity contribution in [1.82, 2.24) is 0 Å². The van der Waals surface area contributed by atoms with Gasteiger partial charge in [-0.3, -0.25) is 0 Å². The molecule has 0 heterocycles. The van der Waals surface area contributed by atoms with E-state index in [0.29, 0.717) is 6.04 Å². The smallest absolute Gasteiger partial charge is 0.0642 e. The SMILES string of the molecule is COC(C)(C)CC(C)Nc1ccc(Cl)c(Br)c1. The number of rotatable bonds is 5. The summed E-state index contributed by atoms with van der Waals surface area (Å²) in [4.78, 5) is 0. The first kappa shape index (κ1) is 14.8. The number of hydrogen-bond acceptors (Lipinski definition) is 2. The summed E-state index contributed by atoms with van der Waals surface area (Å²) >= 11 is 9.37. The molecule has 0 aromatic heterocycles. The number of halogens is 2. The van der Waals surface area contributed by atoms with Crippen LogP contribution in [0.25, 0.3) is 0 Å². The maximum atomic E-state index is 5.95. The number of anilines is 1. The summed E-state index contributed by atoms with van der Waals surface area (Å²) in [5.41, 5.74) is 0.941. The van der Waals surface area contributed by atoms with Gasteiger partial charge in [-0.25, -0.2) is 0 Å². The Bertz CT molecular complexity index is 382. The summed E-state index contributed by atoms with van der Waals surface area (Å²) in [7, 11) is 1.74. The van der Waals surface area contributed by atoms with Crippen LogP contribution in [0.1, 0.15) is 27.2 Å². The highest BCUT2D eigenvalue weighted by Gasteiger charge is 2.20. The van der Waals surface area contributed by atoms with E-state index in [0.717, 1.165) is 21.6 Å². The number of hydrogen-bond donors (Lipinski definition) is 1. The molecular formula is C13H19BrClNO. The zero-order valence-corrected chi connectivity index (χ0v) is 13.0. The Balaban J connectivity index is 2.62. The molecule has 1 unspecified atom stereocenters. The fourth-order valence-electron chi connectivity index (χ4n) is 1.74. The van der Waals surface area contributed by atoms with Gasteiger partial charge in [-0.05, 0) is 61.3 Å². The van der Waals surface area contributed by atoms with Gasteiger partial charge in [0.05, 0.1) is 10.6 Å². The highest BCUT2D eigenvalue weighted by Crippen LogP contribution is 2.26. The molecule has 1 rings (SSSR count). The van der Waals surface area contributed by atoms with E-state index in [4.69, 9.17) is 16.3 Å². The van der Waals surface area contributed by atoms with Gasteiger partial charge in [-0.1, -0.05) is 11.6 Å². The Morgan fingerprint density at radius 1 is 1.47 bits per heavy atom. The quantitative estimate of drug-likeness (QED) is 0.847. The van der Waals surface area contributed by atoms with E-state index in [1.165, 1.54) is 0 Å². The minimum atomic E-state index is -0.115. The number of ether oxygens (including phenoxy) is 1. The lowest BCUT2D eigenvalue weighted by molar-refractivity contribution is 0.0128. The first-order valence-corrected chi connectivity index (χ1v) is 6.78. The van der Waals surface area contributed by atoms with E-state index < -0.39 is 0 Å². The van der Waals surface area contributed by atoms with Crippen LogP contribution in [0, 0.1) is 0 Å². The lowest BCUT2D eigenvalue weighted by atomic mass is 10.00. The normalized spacial score (nSPS) is 13.5. The molecule has 1 atom stereocenters. The summed E-state index contributed by atoms with van der Waals surface area (Å²) < 4.78 is 6.32. The van der Waals surface area contributed by atoms with Gasteiger partial charge in [-0.15, -0.1) is 0 Å². The Kier molecular flexibility index (Phi) is 5.29. The van der Waals surface area contributed by atoms with E-state index in [9.17, 15) is 0 Å². The van der Waals surface area contributed by atoms with Gasteiger partial charge < -0.3 is 10.1 Å². The van der Waals surface area contributed by atoms with Crippen LogP contribution in [-0.2, 0) is 4.74 Å². The summed E-state index contributed by atoms with van der Waals surface area (Å²) in [5, 5.41) is 4.15. The predicted molar refractivity (Wildman–Crippen MR) is 77.9 cm³/mol. The zero-order chi connectivity index (χ0) is 13.1. The van der Waals surface area contributed by atoms with E-state index >= 15 is 0 Å². The topological polar surface area (TPSA) is 21.3 Å². The molecule has 1 N–H and O–H groups in total. The standard InChI is InChI=1S/C13H19BrClNO/c1-9(8-13(2,3)17-4)16-10-5-6-12(15)11(14)7-10/h5-7,9,16H,8H2,1-4H3. The Morgan fingerprint density at radius 2 is 2.12 bits per heavy atom. The van der Waals surface area contributed by atoms with Crippen molar-refractivity contribution in [3.8, 4) is 0 Å². The van der Waals surface area contributed by atoms with Gasteiger partial charge in [0.25, 0.3) is 0 Å². The zero-order valence-electron chi connectivity index (χ0n) is 10.7. The summed E-state index contributed by atoms with van der Waals surface area (Å²) in [6.07, 6.45) is 0.934. The molecule has 0 fully saturated rings. The Hall–Kier alpha value is -0.250. The van der Waals surface area contributed by atoms with Crippen LogP contribution in [0.5, 0.6) is 0 Å². The number of nitrogens with one attached hydrogen (secondary N) is 1. The fraction of sp³-hybridized carbons (Fsp3) is 0.538. The minimum absolute atomic E-state index is 0.115. The van der Waals surface area contributed by atoms with Crippen molar-refractivity contribution in [3.05, 3.63) is 27.7 Å². The van der Waals surface area contributed by atoms with Gasteiger partial charge in [0.1, 0.15) is 0 Å². The van der Waals surface area contributed by atoms with E-state index in [-0.39, 0.29) is 5.60 Å². The van der Waals surface area contributed by atoms with Crippen molar-refractivity contribution < 1.29 is 4.74 Å². The summed E-state index contributed by atoms with van der Waals surface area (Å²) in [5.74, 6) is 0. The molecule has 4 heteroatoms. The van der Waals surface area contributed by atoms with Crippen LogP contribution < -0.4 is 5.32 Å². The third-order valence-electron chi connectivity index (χ3n) is 2.68. The van der Waals surface area contributed by atoms with Gasteiger partial charge in [0, 0.05) is 23.3 Å². The third-order valence-corrected chi connectivity index (χ3v) is 3.90. The van der Waals surface area contributed by atoms with Crippen molar-refractivity contribution in [2.75, 3.05) is 12.4 Å². The average molecular weight is 321 g/mol. The van der Waals surface area contributed by atoms with Crippen molar-refractivity contribution in [3.63, 3.8) is 0 Å². The van der Waals surface area contributed by atoms with Crippen LogP contribution in [0.2, 0.25) is 5.02 Å². The van der Waals surface area contributed by atoms with Crippen LogP contribution in [0.15, 0.2) is 22.7 Å². The molecule has 0 aliphatic heterocycles. The molecule has 2 nitrogen and oxygen atoms in total.